The molecule has 2 saturated heterocycles. The van der Waals surface area contributed by atoms with Crippen molar-refractivity contribution >= 4 is 0 Å². The highest BCUT2D eigenvalue weighted by Gasteiger charge is 2.28. The first-order chi connectivity index (χ1) is 9.42. The van der Waals surface area contributed by atoms with Gasteiger partial charge in [-0.15, -0.1) is 0 Å². The van der Waals surface area contributed by atoms with Gasteiger partial charge in [0.2, 0.25) is 0 Å². The van der Waals surface area contributed by atoms with E-state index in [0.29, 0.717) is 0 Å². The van der Waals surface area contributed by atoms with Gasteiger partial charge in [-0.25, -0.2) is 0 Å². The molecule has 2 aliphatic rings. The van der Waals surface area contributed by atoms with E-state index >= 15 is 0 Å². The molecule has 3 heterocycles. The van der Waals surface area contributed by atoms with Crippen LogP contribution in [-0.4, -0.2) is 55.1 Å². The van der Waals surface area contributed by atoms with Gasteiger partial charge in [0.25, 0.3) is 0 Å². The van der Waals surface area contributed by atoms with Crippen molar-refractivity contribution in [3.63, 3.8) is 0 Å². The maximum absolute atomic E-state index is 5.07. The van der Waals surface area contributed by atoms with Gasteiger partial charge in [-0.05, 0) is 45.0 Å². The van der Waals surface area contributed by atoms with Crippen molar-refractivity contribution in [2.24, 2.45) is 0 Å². The molecular formula is C15H25N3O. The highest BCUT2D eigenvalue weighted by molar-refractivity contribution is 5.04. The molecule has 4 nitrogen and oxygen atoms in total. The lowest BCUT2D eigenvalue weighted by Crippen LogP contribution is -2.39. The number of furan rings is 1. The van der Waals surface area contributed by atoms with Crippen molar-refractivity contribution in [3.8, 4) is 0 Å². The summed E-state index contributed by atoms with van der Waals surface area (Å²) in [6, 6.07) is 2.85. The molecule has 0 bridgehead atoms. The predicted octanol–water partition coefficient (Wildman–Crippen LogP) is 1.54. The van der Waals surface area contributed by atoms with Crippen LogP contribution in [0, 0.1) is 0 Å². The van der Waals surface area contributed by atoms with E-state index in [1.54, 1.807) is 6.26 Å². The van der Waals surface area contributed by atoms with Gasteiger partial charge in [0.15, 0.2) is 0 Å². The number of nitrogens with zero attached hydrogens (tertiary/aromatic N) is 2. The summed E-state index contributed by atoms with van der Waals surface area (Å²) in [5.41, 5.74) is 1.23. The SMILES string of the molecule is c1cc(CNCCN2CCCN3CCCC3C2)co1. The Kier molecular flexibility index (Phi) is 4.53. The van der Waals surface area contributed by atoms with Crippen molar-refractivity contribution in [1.82, 2.24) is 15.1 Å². The molecule has 19 heavy (non-hydrogen) atoms. The zero-order valence-corrected chi connectivity index (χ0v) is 11.7. The molecule has 0 aromatic carbocycles. The van der Waals surface area contributed by atoms with E-state index in [1.165, 1.54) is 57.5 Å². The van der Waals surface area contributed by atoms with E-state index in [0.717, 1.165) is 19.1 Å². The van der Waals surface area contributed by atoms with E-state index < -0.39 is 0 Å². The summed E-state index contributed by atoms with van der Waals surface area (Å²) in [6.45, 7) is 8.33. The Morgan fingerprint density at radius 1 is 1.26 bits per heavy atom. The van der Waals surface area contributed by atoms with Crippen LogP contribution in [0.25, 0.3) is 0 Å². The predicted molar refractivity (Wildman–Crippen MR) is 76.1 cm³/mol. The smallest absolute Gasteiger partial charge is 0.0947 e. The molecule has 0 spiro atoms. The van der Waals surface area contributed by atoms with Crippen molar-refractivity contribution < 1.29 is 4.42 Å². The minimum Gasteiger partial charge on any atom is -0.472 e. The minimum atomic E-state index is 0.830. The molecule has 2 aliphatic heterocycles. The second kappa shape index (κ2) is 6.55. The summed E-state index contributed by atoms with van der Waals surface area (Å²) in [4.78, 5) is 5.33. The molecule has 0 amide bonds. The Balaban J connectivity index is 1.37. The van der Waals surface area contributed by atoms with Crippen molar-refractivity contribution in [2.75, 3.05) is 39.3 Å². The molecule has 1 atom stereocenters. The van der Waals surface area contributed by atoms with Crippen LogP contribution in [0.4, 0.5) is 0 Å². The van der Waals surface area contributed by atoms with E-state index in [2.05, 4.69) is 15.1 Å². The Hall–Kier alpha value is -0.840. The van der Waals surface area contributed by atoms with Crippen LogP contribution in [-0.2, 0) is 6.54 Å². The molecule has 106 valence electrons. The summed E-state index contributed by atoms with van der Waals surface area (Å²) in [7, 11) is 0. The second-order valence-corrected chi connectivity index (χ2v) is 5.79. The first-order valence-electron chi connectivity index (χ1n) is 7.60. The highest BCUT2D eigenvalue weighted by Crippen LogP contribution is 2.20. The second-order valence-electron chi connectivity index (χ2n) is 5.79. The third-order valence-electron chi connectivity index (χ3n) is 4.40. The minimum absolute atomic E-state index is 0.830. The van der Waals surface area contributed by atoms with E-state index in [1.807, 2.05) is 12.3 Å². The molecular weight excluding hydrogens is 238 g/mol. The summed E-state index contributed by atoms with van der Waals surface area (Å²) in [5, 5.41) is 3.50. The van der Waals surface area contributed by atoms with Crippen LogP contribution in [0.3, 0.4) is 0 Å². The number of hydrogen-bond donors (Lipinski definition) is 1. The summed E-state index contributed by atoms with van der Waals surface area (Å²) in [5.74, 6) is 0. The molecule has 2 fully saturated rings. The van der Waals surface area contributed by atoms with Gasteiger partial charge >= 0.3 is 0 Å². The monoisotopic (exact) mass is 263 g/mol. The summed E-state index contributed by atoms with van der Waals surface area (Å²) >= 11 is 0. The van der Waals surface area contributed by atoms with Crippen LogP contribution in [0.15, 0.2) is 23.0 Å². The zero-order valence-electron chi connectivity index (χ0n) is 11.7. The van der Waals surface area contributed by atoms with Gasteiger partial charge in [-0.1, -0.05) is 0 Å². The van der Waals surface area contributed by atoms with Crippen molar-refractivity contribution in [1.29, 1.82) is 0 Å². The van der Waals surface area contributed by atoms with Crippen LogP contribution in [0.5, 0.6) is 0 Å². The Bertz CT molecular complexity index is 365. The highest BCUT2D eigenvalue weighted by atomic mass is 16.3. The molecule has 0 aliphatic carbocycles. The average molecular weight is 263 g/mol. The largest absolute Gasteiger partial charge is 0.472 e. The van der Waals surface area contributed by atoms with Gasteiger partial charge in [0, 0.05) is 37.8 Å². The lowest BCUT2D eigenvalue weighted by molar-refractivity contribution is 0.220. The van der Waals surface area contributed by atoms with E-state index in [-0.39, 0.29) is 0 Å². The topological polar surface area (TPSA) is 31.6 Å². The third kappa shape index (κ3) is 3.59. The molecule has 0 saturated carbocycles. The number of fused-ring (bicyclic) bond motifs is 1. The average Bonchev–Trinajstić information content (AvgIpc) is 3.04. The fraction of sp³-hybridized carbons (Fsp3) is 0.733. The van der Waals surface area contributed by atoms with Gasteiger partial charge in [-0.2, -0.15) is 0 Å². The fourth-order valence-corrected chi connectivity index (χ4v) is 3.35. The molecule has 1 aromatic heterocycles. The molecule has 1 unspecified atom stereocenters. The van der Waals surface area contributed by atoms with Crippen LogP contribution < -0.4 is 5.32 Å². The quantitative estimate of drug-likeness (QED) is 0.817. The summed E-state index contributed by atoms with van der Waals surface area (Å²) in [6.07, 6.45) is 7.68. The van der Waals surface area contributed by atoms with Gasteiger partial charge in [0.1, 0.15) is 0 Å². The summed E-state index contributed by atoms with van der Waals surface area (Å²) < 4.78 is 5.07. The number of nitrogens with one attached hydrogen (secondary N) is 1. The van der Waals surface area contributed by atoms with Crippen molar-refractivity contribution in [3.05, 3.63) is 24.2 Å². The molecule has 3 rings (SSSR count). The number of hydrogen-bond acceptors (Lipinski definition) is 4. The maximum atomic E-state index is 5.07. The van der Waals surface area contributed by atoms with Crippen molar-refractivity contribution in [2.45, 2.75) is 31.8 Å². The normalized spacial score (nSPS) is 25.4. The first-order valence-corrected chi connectivity index (χ1v) is 7.60. The van der Waals surface area contributed by atoms with E-state index in [4.69, 9.17) is 4.42 Å². The zero-order chi connectivity index (χ0) is 12.9. The third-order valence-corrected chi connectivity index (χ3v) is 4.40. The Morgan fingerprint density at radius 2 is 2.21 bits per heavy atom. The lowest BCUT2D eigenvalue weighted by atomic mass is 10.2. The molecule has 1 aromatic rings. The lowest BCUT2D eigenvalue weighted by Gasteiger charge is -2.25. The van der Waals surface area contributed by atoms with Crippen LogP contribution in [0.2, 0.25) is 0 Å². The molecule has 4 heteroatoms. The van der Waals surface area contributed by atoms with Gasteiger partial charge in [-0.3, -0.25) is 4.90 Å². The Morgan fingerprint density at radius 3 is 3.11 bits per heavy atom. The maximum Gasteiger partial charge on any atom is 0.0947 e. The standard InChI is InChI=1S/C15H25N3O/c1-3-15-12-17(6-2-8-18(15)7-1)9-5-16-11-14-4-10-19-13-14/h4,10,13,15-16H,1-3,5-9,11-12H2. The first kappa shape index (κ1) is 13.2. The Labute approximate surface area is 115 Å². The van der Waals surface area contributed by atoms with Crippen LogP contribution >= 0.6 is 0 Å². The molecule has 0 radical (unpaired) electrons. The van der Waals surface area contributed by atoms with Gasteiger partial charge in [0.05, 0.1) is 12.5 Å². The van der Waals surface area contributed by atoms with Crippen LogP contribution in [0.1, 0.15) is 24.8 Å². The van der Waals surface area contributed by atoms with Gasteiger partial charge < -0.3 is 14.6 Å². The fourth-order valence-electron chi connectivity index (χ4n) is 3.35. The number of rotatable bonds is 5. The molecule has 1 N–H and O–H groups in total. The van der Waals surface area contributed by atoms with E-state index in [9.17, 15) is 0 Å².